The van der Waals surface area contributed by atoms with Crippen LogP contribution in [-0.4, -0.2) is 87.4 Å². The summed E-state index contributed by atoms with van der Waals surface area (Å²) in [5.74, 6) is -2.01. The second-order valence-corrected chi connectivity index (χ2v) is 23.7. The van der Waals surface area contributed by atoms with Crippen molar-refractivity contribution in [2.45, 2.75) is 302 Å². The molecular weight excluding hydrogens is 1020 g/mol. The van der Waals surface area contributed by atoms with E-state index in [1.807, 2.05) is 21.1 Å². The van der Waals surface area contributed by atoms with E-state index in [-0.39, 0.29) is 32.2 Å². The number of quaternary nitrogens is 1. The number of rotatable bonds is 62. The van der Waals surface area contributed by atoms with Gasteiger partial charge in [-0.3, -0.25) is 9.59 Å². The molecule has 0 radical (unpaired) electrons. The average molecular weight is 1150 g/mol. The third-order valence-corrected chi connectivity index (χ3v) is 14.6. The number of allylic oxidation sites excluding steroid dienone is 16. The van der Waals surface area contributed by atoms with Gasteiger partial charge in [-0.1, -0.05) is 278 Å². The van der Waals surface area contributed by atoms with Crippen LogP contribution in [0.4, 0.5) is 0 Å². The molecule has 9 heteroatoms. The molecule has 9 nitrogen and oxygen atoms in total. The van der Waals surface area contributed by atoms with Gasteiger partial charge in [-0.05, 0) is 96.3 Å². The van der Waals surface area contributed by atoms with Crippen LogP contribution in [0.2, 0.25) is 0 Å². The van der Waals surface area contributed by atoms with Gasteiger partial charge < -0.3 is 28.5 Å². The number of aliphatic carboxylic acids is 1. The fraction of sp³-hybridized carbons (Fsp3) is 0.740. The summed E-state index contributed by atoms with van der Waals surface area (Å²) in [4.78, 5) is 37.5. The fourth-order valence-electron chi connectivity index (χ4n) is 9.40. The number of ether oxygens (including phenoxy) is 4. The second-order valence-electron chi connectivity index (χ2n) is 23.7. The van der Waals surface area contributed by atoms with Gasteiger partial charge in [-0.2, -0.15) is 0 Å². The number of carboxylic acid groups (broad SMARTS) is 1. The Morgan fingerprint density at radius 3 is 1.04 bits per heavy atom. The Balaban J connectivity index is 4.04. The maximum atomic E-state index is 12.9. The molecule has 0 aliphatic heterocycles. The molecule has 0 aliphatic carbocycles. The largest absolute Gasteiger partial charge is 0.477 e. The third kappa shape index (κ3) is 63.8. The molecule has 0 bridgehead atoms. The molecule has 0 rings (SSSR count). The molecule has 82 heavy (non-hydrogen) atoms. The topological polar surface area (TPSA) is 108 Å². The highest BCUT2D eigenvalue weighted by Gasteiger charge is 2.25. The van der Waals surface area contributed by atoms with Crippen LogP contribution in [0.15, 0.2) is 97.2 Å². The number of carboxylic acids is 1. The highest BCUT2D eigenvalue weighted by molar-refractivity contribution is 5.71. The maximum Gasteiger partial charge on any atom is 0.361 e. The van der Waals surface area contributed by atoms with Crippen LogP contribution < -0.4 is 0 Å². The highest BCUT2D eigenvalue weighted by atomic mass is 16.7. The van der Waals surface area contributed by atoms with Crippen molar-refractivity contribution in [2.75, 3.05) is 47.5 Å². The lowest BCUT2D eigenvalue weighted by atomic mass is 10.0. The highest BCUT2D eigenvalue weighted by Crippen LogP contribution is 2.17. The van der Waals surface area contributed by atoms with E-state index in [1.54, 1.807) is 0 Å². The van der Waals surface area contributed by atoms with Gasteiger partial charge in [-0.15, -0.1) is 0 Å². The van der Waals surface area contributed by atoms with E-state index >= 15 is 0 Å². The normalized spacial score (nSPS) is 13.3. The predicted octanol–water partition coefficient (Wildman–Crippen LogP) is 20.9. The molecule has 0 amide bonds. The summed E-state index contributed by atoms with van der Waals surface area (Å²) in [5.41, 5.74) is 0. The Hall–Kier alpha value is -3.79. The van der Waals surface area contributed by atoms with Crippen LogP contribution in [0.3, 0.4) is 0 Å². The fourth-order valence-corrected chi connectivity index (χ4v) is 9.40. The van der Waals surface area contributed by atoms with Gasteiger partial charge in [0.05, 0.1) is 34.4 Å². The molecule has 472 valence electrons. The molecule has 0 aromatic heterocycles. The Morgan fingerprint density at radius 2 is 0.695 bits per heavy atom. The van der Waals surface area contributed by atoms with Gasteiger partial charge in [0.25, 0.3) is 6.29 Å². The van der Waals surface area contributed by atoms with Crippen LogP contribution in [0.5, 0.6) is 0 Å². The first-order valence-electron chi connectivity index (χ1n) is 33.9. The van der Waals surface area contributed by atoms with Gasteiger partial charge >= 0.3 is 17.9 Å². The Morgan fingerprint density at radius 1 is 0.378 bits per heavy atom. The molecule has 2 atom stereocenters. The molecule has 0 saturated heterocycles. The first kappa shape index (κ1) is 78.2. The van der Waals surface area contributed by atoms with Crippen molar-refractivity contribution in [3.05, 3.63) is 97.2 Å². The number of carbonyl (C=O) groups excluding carboxylic acids is 2. The zero-order valence-electron chi connectivity index (χ0n) is 53.9. The van der Waals surface area contributed by atoms with E-state index < -0.39 is 24.3 Å². The van der Waals surface area contributed by atoms with Gasteiger partial charge in [0.15, 0.2) is 6.10 Å². The number of esters is 2. The summed E-state index contributed by atoms with van der Waals surface area (Å²) in [6.45, 7) is 4.76. The van der Waals surface area contributed by atoms with Gasteiger partial charge in [0.1, 0.15) is 13.2 Å². The van der Waals surface area contributed by atoms with E-state index in [1.165, 1.54) is 167 Å². The standard InChI is InChI=1S/C73H127NO8/c1-6-8-10-12-14-16-18-20-22-24-26-27-28-29-30-31-32-33-34-35-36-37-38-39-40-41-42-43-44-45-46-48-50-52-54-56-58-60-62-64-71(76)82-69(68-81-73(72(77)78)79-66-65-74(3,4)5)67-80-70(75)63-61-59-57-55-53-51-49-47-25-23-21-19-17-15-13-11-9-7-2/h8,10,14,16-17,19-20,22-23,25-27,29-30,32-33,69,73H,6-7,9,11-13,15,18,21,24,28,31,34-68H2,1-5H3/p+1/b10-8-,16-14-,19-17-,22-20-,25-23-,27-26-,30-29-,33-32-. The van der Waals surface area contributed by atoms with Crippen molar-refractivity contribution in [3.63, 3.8) is 0 Å². The van der Waals surface area contributed by atoms with Crippen LogP contribution in [-0.2, 0) is 33.3 Å². The molecule has 0 fully saturated rings. The maximum absolute atomic E-state index is 12.9. The van der Waals surface area contributed by atoms with E-state index in [4.69, 9.17) is 18.9 Å². The molecule has 0 aromatic carbocycles. The van der Waals surface area contributed by atoms with E-state index in [2.05, 4.69) is 111 Å². The first-order valence-corrected chi connectivity index (χ1v) is 33.9. The number of nitrogens with zero attached hydrogens (tertiary/aromatic N) is 1. The quantitative estimate of drug-likeness (QED) is 0.0211. The van der Waals surface area contributed by atoms with Crippen LogP contribution in [0.1, 0.15) is 290 Å². The van der Waals surface area contributed by atoms with Gasteiger partial charge in [0, 0.05) is 12.8 Å². The molecular formula is C73H128NO8+. The van der Waals surface area contributed by atoms with E-state index in [0.717, 1.165) is 96.3 Å². The Bertz CT molecular complexity index is 1670. The van der Waals surface area contributed by atoms with Crippen LogP contribution >= 0.6 is 0 Å². The minimum Gasteiger partial charge on any atom is -0.477 e. The SMILES string of the molecule is CC/C=C\C/C=C\C/C=C\C/C=C\C/C=C\C/C=C\CCCCCCCCCCCCCCCCCCCCCCC(=O)OC(COC(=O)CCCCCCCCC/C=C\C/C=C\CCCCCC)COC(OCC[N+](C)(C)C)C(=O)O. The smallest absolute Gasteiger partial charge is 0.361 e. The number of unbranched alkanes of at least 4 members (excludes halogenated alkanes) is 31. The summed E-state index contributed by atoms with van der Waals surface area (Å²) < 4.78 is 22.9. The lowest BCUT2D eigenvalue weighted by molar-refractivity contribution is -0.870. The van der Waals surface area contributed by atoms with Crippen molar-refractivity contribution in [1.82, 2.24) is 0 Å². The molecule has 0 aromatic rings. The van der Waals surface area contributed by atoms with E-state index in [9.17, 15) is 19.5 Å². The summed E-state index contributed by atoms with van der Waals surface area (Å²) in [7, 11) is 5.97. The molecule has 0 aliphatic rings. The Labute approximate surface area is 505 Å². The van der Waals surface area contributed by atoms with Crippen LogP contribution in [0, 0.1) is 0 Å². The summed E-state index contributed by atoms with van der Waals surface area (Å²) in [6.07, 6.45) is 83.8. The number of hydrogen-bond acceptors (Lipinski definition) is 7. The van der Waals surface area contributed by atoms with Crippen LogP contribution in [0.25, 0.3) is 0 Å². The minimum absolute atomic E-state index is 0.185. The zero-order valence-corrected chi connectivity index (χ0v) is 53.9. The number of likely N-dealkylation sites (N-methyl/N-ethyl adjacent to an activating group) is 1. The van der Waals surface area contributed by atoms with Crippen molar-refractivity contribution in [3.8, 4) is 0 Å². The molecule has 1 N–H and O–H groups in total. The lowest BCUT2D eigenvalue weighted by Gasteiger charge is -2.25. The number of carbonyl (C=O) groups is 3. The lowest BCUT2D eigenvalue weighted by Crippen LogP contribution is -2.40. The van der Waals surface area contributed by atoms with Crippen molar-refractivity contribution >= 4 is 17.9 Å². The monoisotopic (exact) mass is 1150 g/mol. The van der Waals surface area contributed by atoms with Crippen molar-refractivity contribution < 1.29 is 42.9 Å². The minimum atomic E-state index is -1.51. The Kier molecular flexibility index (Phi) is 60.3. The van der Waals surface area contributed by atoms with Crippen molar-refractivity contribution in [1.29, 1.82) is 0 Å². The zero-order chi connectivity index (χ0) is 59.8. The van der Waals surface area contributed by atoms with Gasteiger partial charge in [-0.25, -0.2) is 4.79 Å². The van der Waals surface area contributed by atoms with Gasteiger partial charge in [0.2, 0.25) is 0 Å². The molecule has 0 spiro atoms. The average Bonchev–Trinajstić information content (AvgIpc) is 3.45. The van der Waals surface area contributed by atoms with Crippen molar-refractivity contribution in [2.24, 2.45) is 0 Å². The summed E-state index contributed by atoms with van der Waals surface area (Å²) >= 11 is 0. The summed E-state index contributed by atoms with van der Waals surface area (Å²) in [6, 6.07) is 0. The third-order valence-electron chi connectivity index (χ3n) is 14.6. The second kappa shape index (κ2) is 63.2. The predicted molar refractivity (Wildman–Crippen MR) is 350 cm³/mol. The van der Waals surface area contributed by atoms with E-state index in [0.29, 0.717) is 17.4 Å². The summed E-state index contributed by atoms with van der Waals surface area (Å²) in [5, 5.41) is 9.73. The molecule has 0 saturated carbocycles. The molecule has 0 heterocycles. The first-order chi connectivity index (χ1) is 40.1. The number of hydrogen-bond donors (Lipinski definition) is 1. The molecule has 2 unspecified atom stereocenters.